The number of nitrogens with zero attached hydrogens (tertiary/aromatic N) is 2. The molecule has 2 aliphatic heterocycles. The van der Waals surface area contributed by atoms with Crippen LogP contribution >= 0.6 is 0 Å². The molecule has 25 heavy (non-hydrogen) atoms. The van der Waals surface area contributed by atoms with Gasteiger partial charge in [0.05, 0.1) is 0 Å². The van der Waals surface area contributed by atoms with Crippen LogP contribution in [0.25, 0.3) is 0 Å². The largest absolute Gasteiger partial charge is 0.446 e. The highest BCUT2D eigenvalue weighted by Gasteiger charge is 2.44. The van der Waals surface area contributed by atoms with E-state index >= 15 is 0 Å². The summed E-state index contributed by atoms with van der Waals surface area (Å²) in [6, 6.07) is 19.5. The number of hydrogen-bond acceptors (Lipinski definition) is 3. The van der Waals surface area contributed by atoms with Gasteiger partial charge in [-0.2, -0.15) is 0 Å². The highest BCUT2D eigenvalue weighted by atomic mass is 16.6. The number of ether oxygens (including phenoxy) is 1. The third-order valence-corrected chi connectivity index (χ3v) is 4.90. The van der Waals surface area contributed by atoms with Gasteiger partial charge in [0.2, 0.25) is 5.91 Å². The maximum atomic E-state index is 13.2. The second kappa shape index (κ2) is 6.59. The first-order chi connectivity index (χ1) is 12.2. The highest BCUT2D eigenvalue weighted by molar-refractivity contribution is 5.84. The second-order valence-electron chi connectivity index (χ2n) is 6.48. The predicted octanol–water partition coefficient (Wildman–Crippen LogP) is 3.19. The lowest BCUT2D eigenvalue weighted by molar-refractivity contribution is -0.177. The van der Waals surface area contributed by atoms with Crippen LogP contribution in [-0.4, -0.2) is 35.2 Å². The van der Waals surface area contributed by atoms with Crippen molar-refractivity contribution in [2.24, 2.45) is 5.92 Å². The maximum Gasteiger partial charge on any atom is 0.428 e. The van der Waals surface area contributed by atoms with Crippen molar-refractivity contribution in [3.8, 4) is 0 Å². The lowest BCUT2D eigenvalue weighted by Crippen LogP contribution is -2.61. The predicted molar refractivity (Wildman–Crippen MR) is 92.3 cm³/mol. The Morgan fingerprint density at radius 3 is 2.36 bits per heavy atom. The van der Waals surface area contributed by atoms with Crippen molar-refractivity contribution in [2.45, 2.75) is 18.9 Å². The summed E-state index contributed by atoms with van der Waals surface area (Å²) < 4.78 is 5.31. The fraction of sp³-hybridized carbons (Fsp3) is 0.300. The number of hydrazine groups is 1. The van der Waals surface area contributed by atoms with Gasteiger partial charge in [0, 0.05) is 12.5 Å². The summed E-state index contributed by atoms with van der Waals surface area (Å²) in [6.45, 7) is 0.703. The third-order valence-electron chi connectivity index (χ3n) is 4.90. The number of hydrogen-bond donors (Lipinski definition) is 0. The fourth-order valence-corrected chi connectivity index (χ4v) is 3.61. The number of cyclic esters (lactones) is 1. The monoisotopic (exact) mass is 336 g/mol. The summed E-state index contributed by atoms with van der Waals surface area (Å²) in [7, 11) is 0. The molecule has 128 valence electrons. The Bertz CT molecular complexity index is 763. The summed E-state index contributed by atoms with van der Waals surface area (Å²) in [5, 5.41) is 3.09. The molecule has 0 bridgehead atoms. The average molecular weight is 336 g/mol. The summed E-state index contributed by atoms with van der Waals surface area (Å²) in [5.74, 6) is -0.114. The molecule has 2 amide bonds. The topological polar surface area (TPSA) is 49.9 Å². The highest BCUT2D eigenvalue weighted by Crippen LogP contribution is 2.34. The van der Waals surface area contributed by atoms with E-state index in [1.807, 2.05) is 60.7 Å². The summed E-state index contributed by atoms with van der Waals surface area (Å²) in [5.41, 5.74) is 2.12. The zero-order valence-electron chi connectivity index (χ0n) is 13.9. The zero-order chi connectivity index (χ0) is 17.2. The number of benzene rings is 2. The molecule has 2 atom stereocenters. The van der Waals surface area contributed by atoms with Gasteiger partial charge in [-0.1, -0.05) is 60.7 Å². The molecule has 2 aromatic rings. The Morgan fingerprint density at radius 2 is 1.64 bits per heavy atom. The summed E-state index contributed by atoms with van der Waals surface area (Å²) in [6.07, 6.45) is 0.917. The molecule has 2 aromatic carbocycles. The van der Waals surface area contributed by atoms with E-state index in [9.17, 15) is 9.59 Å². The number of amides is 2. The van der Waals surface area contributed by atoms with Crippen molar-refractivity contribution >= 4 is 12.0 Å². The van der Waals surface area contributed by atoms with E-state index < -0.39 is 6.09 Å². The average Bonchev–Trinajstić information content (AvgIpc) is 2.66. The van der Waals surface area contributed by atoms with Crippen LogP contribution in [0.3, 0.4) is 0 Å². The van der Waals surface area contributed by atoms with Crippen molar-refractivity contribution in [1.82, 2.24) is 10.0 Å². The molecule has 4 rings (SSSR count). The van der Waals surface area contributed by atoms with Crippen LogP contribution in [-0.2, 0) is 16.0 Å². The number of rotatable bonds is 3. The van der Waals surface area contributed by atoms with Crippen molar-refractivity contribution in [1.29, 1.82) is 0 Å². The van der Waals surface area contributed by atoms with Gasteiger partial charge in [0.25, 0.3) is 0 Å². The van der Waals surface area contributed by atoms with Gasteiger partial charge in [0.15, 0.2) is 0 Å². The molecule has 2 saturated heterocycles. The molecule has 2 aliphatic rings. The molecule has 0 saturated carbocycles. The van der Waals surface area contributed by atoms with Crippen LogP contribution in [0.5, 0.6) is 0 Å². The molecule has 5 heteroatoms. The zero-order valence-corrected chi connectivity index (χ0v) is 13.9. The van der Waals surface area contributed by atoms with Gasteiger partial charge >= 0.3 is 6.09 Å². The van der Waals surface area contributed by atoms with Crippen LogP contribution in [0.15, 0.2) is 60.7 Å². The normalized spacial score (nSPS) is 23.2. The van der Waals surface area contributed by atoms with Crippen LogP contribution in [0.2, 0.25) is 0 Å². The number of fused-ring (bicyclic) bond motifs is 1. The summed E-state index contributed by atoms with van der Waals surface area (Å²) >= 11 is 0. The SMILES string of the molecule is O=C1OC[C@@H](c2ccccc2)N2C(=O)[C@@H](Cc3ccccc3)CCN12. The molecule has 5 nitrogen and oxygen atoms in total. The Kier molecular flexibility index (Phi) is 4.14. The van der Waals surface area contributed by atoms with E-state index in [-0.39, 0.29) is 24.5 Å². The van der Waals surface area contributed by atoms with Gasteiger partial charge in [-0.15, -0.1) is 0 Å². The molecular formula is C20H20N2O3. The smallest absolute Gasteiger partial charge is 0.428 e. The second-order valence-corrected chi connectivity index (χ2v) is 6.48. The summed E-state index contributed by atoms with van der Waals surface area (Å²) in [4.78, 5) is 25.3. The van der Waals surface area contributed by atoms with Gasteiger partial charge in [-0.3, -0.25) is 4.79 Å². The van der Waals surface area contributed by atoms with Crippen LogP contribution < -0.4 is 0 Å². The standard InChI is InChI=1S/C20H20N2O3/c23-19-17(13-15-7-3-1-4-8-15)11-12-21-20(24)25-14-18(22(19)21)16-9-5-2-6-10-16/h1-10,17-18H,11-14H2/t17-,18+/m1/s1. The van der Waals surface area contributed by atoms with Crippen molar-refractivity contribution in [3.05, 3.63) is 71.8 Å². The Labute approximate surface area is 146 Å². The number of carbonyl (C=O) groups is 2. The first-order valence-electron chi connectivity index (χ1n) is 8.60. The molecule has 2 fully saturated rings. The molecule has 0 N–H and O–H groups in total. The molecule has 0 radical (unpaired) electrons. The van der Waals surface area contributed by atoms with E-state index in [0.717, 1.165) is 11.1 Å². The van der Waals surface area contributed by atoms with E-state index in [0.29, 0.717) is 19.4 Å². The minimum Gasteiger partial charge on any atom is -0.446 e. The number of carbonyl (C=O) groups excluding carboxylic acids is 2. The molecule has 0 aliphatic carbocycles. The van der Waals surface area contributed by atoms with Gasteiger partial charge in [-0.25, -0.2) is 14.8 Å². The fourth-order valence-electron chi connectivity index (χ4n) is 3.61. The van der Waals surface area contributed by atoms with Gasteiger partial charge in [-0.05, 0) is 24.0 Å². The molecule has 2 heterocycles. The Balaban J connectivity index is 1.61. The molecule has 0 unspecified atom stereocenters. The lowest BCUT2D eigenvalue weighted by atomic mass is 9.92. The van der Waals surface area contributed by atoms with Gasteiger partial charge < -0.3 is 4.74 Å². The minimum absolute atomic E-state index is 0.000561. The van der Waals surface area contributed by atoms with Crippen LogP contribution in [0.1, 0.15) is 23.6 Å². The Morgan fingerprint density at radius 1 is 0.960 bits per heavy atom. The van der Waals surface area contributed by atoms with Crippen molar-refractivity contribution in [3.63, 3.8) is 0 Å². The third kappa shape index (κ3) is 2.97. The quantitative estimate of drug-likeness (QED) is 0.865. The first-order valence-corrected chi connectivity index (χ1v) is 8.60. The molecule has 0 spiro atoms. The first kappa shape index (κ1) is 15.7. The van der Waals surface area contributed by atoms with E-state index in [2.05, 4.69) is 0 Å². The lowest BCUT2D eigenvalue weighted by Gasteiger charge is -2.47. The van der Waals surface area contributed by atoms with Crippen LogP contribution in [0, 0.1) is 5.92 Å². The van der Waals surface area contributed by atoms with E-state index in [1.54, 1.807) is 5.01 Å². The van der Waals surface area contributed by atoms with Crippen LogP contribution in [0.4, 0.5) is 4.79 Å². The van der Waals surface area contributed by atoms with Gasteiger partial charge in [0.1, 0.15) is 12.6 Å². The van der Waals surface area contributed by atoms with Crippen molar-refractivity contribution in [2.75, 3.05) is 13.2 Å². The van der Waals surface area contributed by atoms with E-state index in [1.165, 1.54) is 5.01 Å². The minimum atomic E-state index is -0.432. The van der Waals surface area contributed by atoms with Crippen molar-refractivity contribution < 1.29 is 14.3 Å². The van der Waals surface area contributed by atoms with E-state index in [4.69, 9.17) is 4.74 Å². The molecular weight excluding hydrogens is 316 g/mol. The maximum absolute atomic E-state index is 13.2. The molecule has 0 aromatic heterocycles. The Hall–Kier alpha value is -2.82.